The van der Waals surface area contributed by atoms with Crippen molar-refractivity contribution in [2.45, 2.75) is 38.6 Å². The first-order chi connectivity index (χ1) is 9.96. The molecule has 2 rings (SSSR count). The van der Waals surface area contributed by atoms with Crippen molar-refractivity contribution in [3.8, 4) is 0 Å². The fraction of sp³-hybridized carbons (Fsp3) is 0.500. The zero-order valence-electron chi connectivity index (χ0n) is 12.4. The molecule has 21 heavy (non-hydrogen) atoms. The summed E-state index contributed by atoms with van der Waals surface area (Å²) in [4.78, 5) is 0. The van der Waals surface area contributed by atoms with E-state index in [0.29, 0.717) is 17.3 Å². The number of hydrogen-bond acceptors (Lipinski definition) is 4. The van der Waals surface area contributed by atoms with Gasteiger partial charge < -0.3 is 11.1 Å². The summed E-state index contributed by atoms with van der Waals surface area (Å²) in [6.45, 7) is 2.16. The average Bonchev–Trinajstić information content (AvgIpc) is 2.41. The highest BCUT2D eigenvalue weighted by Crippen LogP contribution is 2.26. The van der Waals surface area contributed by atoms with E-state index >= 15 is 0 Å². The molecule has 0 saturated heterocycles. The first kappa shape index (κ1) is 15.8. The molecule has 0 saturated carbocycles. The van der Waals surface area contributed by atoms with Crippen LogP contribution in [-0.2, 0) is 16.6 Å². The predicted octanol–water partition coefficient (Wildman–Crippen LogP) is 1.38. The maximum absolute atomic E-state index is 11.5. The average molecular weight is 310 g/mol. The van der Waals surface area contributed by atoms with Crippen LogP contribution in [-0.4, -0.2) is 27.3 Å². The second-order valence-corrected chi connectivity index (χ2v) is 6.54. The summed E-state index contributed by atoms with van der Waals surface area (Å²) in [5.41, 5.74) is 8.07. The van der Waals surface area contributed by atoms with Gasteiger partial charge in [-0.1, -0.05) is 25.5 Å². The Kier molecular flexibility index (Phi) is 4.84. The molecule has 1 aliphatic heterocycles. The number of nitrogens with one attached hydrogen (secondary N) is 2. The molecule has 0 fully saturated rings. The molecule has 0 unspecified atom stereocenters. The molecule has 0 spiro atoms. The van der Waals surface area contributed by atoms with E-state index in [2.05, 4.69) is 21.4 Å². The number of nitrogens with zero attached hydrogens (tertiary/aromatic N) is 1. The monoisotopic (exact) mass is 310 g/mol. The van der Waals surface area contributed by atoms with Crippen molar-refractivity contribution in [2.24, 2.45) is 10.1 Å². The molecule has 6 nitrogen and oxygen atoms in total. The molecule has 0 aliphatic carbocycles. The molecule has 0 aromatic heterocycles. The first-order valence-electron chi connectivity index (χ1n) is 7.14. The quantitative estimate of drug-likeness (QED) is 0.739. The van der Waals surface area contributed by atoms with E-state index in [4.69, 9.17) is 5.73 Å². The molecule has 1 aromatic carbocycles. The third-order valence-corrected chi connectivity index (χ3v) is 4.59. The van der Waals surface area contributed by atoms with Crippen LogP contribution in [0.2, 0.25) is 0 Å². The van der Waals surface area contributed by atoms with E-state index in [-0.39, 0.29) is 5.84 Å². The molecule has 1 atom stereocenters. The van der Waals surface area contributed by atoms with E-state index in [9.17, 15) is 8.42 Å². The van der Waals surface area contributed by atoms with Gasteiger partial charge in [-0.2, -0.15) is 8.42 Å². The summed E-state index contributed by atoms with van der Waals surface area (Å²) in [6, 6.07) is 5.96. The lowest BCUT2D eigenvalue weighted by Gasteiger charge is -2.20. The molecule has 4 N–H and O–H groups in total. The van der Waals surface area contributed by atoms with Gasteiger partial charge in [-0.25, -0.2) is 0 Å². The maximum Gasteiger partial charge on any atom is 0.344 e. The SMILES string of the molecule is CCC[C@H](CCc1cccc2c1C(N)=NS(=O)(=O)N2)NC. The minimum atomic E-state index is -3.71. The van der Waals surface area contributed by atoms with E-state index in [1.807, 2.05) is 19.2 Å². The second-order valence-electron chi connectivity index (χ2n) is 5.21. The zero-order chi connectivity index (χ0) is 15.5. The summed E-state index contributed by atoms with van der Waals surface area (Å²) >= 11 is 0. The fourth-order valence-corrected chi connectivity index (χ4v) is 3.49. The smallest absolute Gasteiger partial charge is 0.344 e. The summed E-state index contributed by atoms with van der Waals surface area (Å²) < 4.78 is 29.1. The van der Waals surface area contributed by atoms with Crippen LogP contribution in [0.15, 0.2) is 22.6 Å². The highest BCUT2D eigenvalue weighted by Gasteiger charge is 2.23. The molecule has 1 aliphatic rings. The van der Waals surface area contributed by atoms with Gasteiger partial charge >= 0.3 is 10.2 Å². The van der Waals surface area contributed by atoms with Crippen molar-refractivity contribution in [3.05, 3.63) is 29.3 Å². The third kappa shape index (κ3) is 3.74. The van der Waals surface area contributed by atoms with Gasteiger partial charge in [0, 0.05) is 11.6 Å². The minimum Gasteiger partial charge on any atom is -0.382 e. The number of anilines is 1. The van der Waals surface area contributed by atoms with Crippen molar-refractivity contribution < 1.29 is 8.42 Å². The van der Waals surface area contributed by atoms with Gasteiger partial charge in [0.15, 0.2) is 0 Å². The van der Waals surface area contributed by atoms with Crippen LogP contribution in [0.5, 0.6) is 0 Å². The summed E-state index contributed by atoms with van der Waals surface area (Å²) in [5, 5.41) is 3.30. The first-order valence-corrected chi connectivity index (χ1v) is 8.58. The van der Waals surface area contributed by atoms with Crippen LogP contribution in [0, 0.1) is 0 Å². The Morgan fingerprint density at radius 3 is 2.81 bits per heavy atom. The van der Waals surface area contributed by atoms with Crippen LogP contribution < -0.4 is 15.8 Å². The number of hydrogen-bond donors (Lipinski definition) is 3. The lowest BCUT2D eigenvalue weighted by atomic mass is 9.96. The van der Waals surface area contributed by atoms with Crippen LogP contribution in [0.3, 0.4) is 0 Å². The van der Waals surface area contributed by atoms with E-state index in [0.717, 1.165) is 31.2 Å². The minimum absolute atomic E-state index is 0.0656. The van der Waals surface area contributed by atoms with Gasteiger partial charge in [0.2, 0.25) is 0 Å². The lowest BCUT2D eigenvalue weighted by molar-refractivity contribution is 0.484. The van der Waals surface area contributed by atoms with Gasteiger partial charge in [-0.05, 0) is 37.9 Å². The number of benzene rings is 1. The number of amidine groups is 1. The van der Waals surface area contributed by atoms with E-state index < -0.39 is 10.2 Å². The Labute approximate surface area is 126 Å². The molecule has 1 heterocycles. The summed E-state index contributed by atoms with van der Waals surface area (Å²) in [6.07, 6.45) is 4.04. The van der Waals surface area contributed by atoms with Crippen molar-refractivity contribution >= 4 is 21.7 Å². The molecular formula is C14H22N4O2S. The topological polar surface area (TPSA) is 96.6 Å². The number of aryl methyl sites for hydroxylation is 1. The molecule has 0 amide bonds. The van der Waals surface area contributed by atoms with Gasteiger partial charge in [-0.15, -0.1) is 4.40 Å². The summed E-state index contributed by atoms with van der Waals surface area (Å²) in [7, 11) is -1.74. The largest absolute Gasteiger partial charge is 0.382 e. The highest BCUT2D eigenvalue weighted by molar-refractivity contribution is 7.91. The van der Waals surface area contributed by atoms with Gasteiger partial charge in [0.1, 0.15) is 5.84 Å². The van der Waals surface area contributed by atoms with Crippen molar-refractivity contribution in [1.29, 1.82) is 0 Å². The lowest BCUT2D eigenvalue weighted by Crippen LogP contribution is -2.29. The normalized spacial score (nSPS) is 17.5. The van der Waals surface area contributed by atoms with Crippen LogP contribution in [0.1, 0.15) is 37.3 Å². The highest BCUT2D eigenvalue weighted by atomic mass is 32.2. The van der Waals surface area contributed by atoms with Crippen molar-refractivity contribution in [2.75, 3.05) is 11.8 Å². The van der Waals surface area contributed by atoms with E-state index in [1.165, 1.54) is 0 Å². The molecule has 0 bridgehead atoms. The van der Waals surface area contributed by atoms with Gasteiger partial charge in [0.25, 0.3) is 0 Å². The van der Waals surface area contributed by atoms with Crippen LogP contribution in [0.4, 0.5) is 5.69 Å². The van der Waals surface area contributed by atoms with Gasteiger partial charge in [0.05, 0.1) is 5.69 Å². The molecule has 116 valence electrons. The second kappa shape index (κ2) is 6.44. The van der Waals surface area contributed by atoms with Crippen LogP contribution >= 0.6 is 0 Å². The molecule has 0 radical (unpaired) electrons. The maximum atomic E-state index is 11.5. The van der Waals surface area contributed by atoms with E-state index in [1.54, 1.807) is 6.07 Å². The van der Waals surface area contributed by atoms with Crippen molar-refractivity contribution in [3.63, 3.8) is 0 Å². The Morgan fingerprint density at radius 1 is 1.38 bits per heavy atom. The zero-order valence-corrected chi connectivity index (χ0v) is 13.2. The molecular weight excluding hydrogens is 288 g/mol. The van der Waals surface area contributed by atoms with Crippen LogP contribution in [0.25, 0.3) is 0 Å². The molecule has 1 aromatic rings. The Morgan fingerprint density at radius 2 is 2.14 bits per heavy atom. The van der Waals surface area contributed by atoms with Gasteiger partial charge in [-0.3, -0.25) is 4.72 Å². The molecule has 7 heteroatoms. The fourth-order valence-electron chi connectivity index (χ4n) is 2.64. The Balaban J connectivity index is 2.24. The predicted molar refractivity (Wildman–Crippen MR) is 85.8 cm³/mol. The summed E-state index contributed by atoms with van der Waals surface area (Å²) in [5.74, 6) is 0.0656. The standard InChI is InChI=1S/C14H22N4O2S/c1-3-5-11(16-2)9-8-10-6-4-7-12-13(10)14(15)18-21(19,20)17-12/h4,6-7,11,16-17H,3,5,8-9H2,1-2H3,(H2,15,18)/t11-/m1/s1. The third-order valence-electron chi connectivity index (χ3n) is 3.67. The number of rotatable bonds is 6. The van der Waals surface area contributed by atoms with Crippen molar-refractivity contribution in [1.82, 2.24) is 5.32 Å². The Bertz CT molecular complexity index is 640. The number of fused-ring (bicyclic) bond motifs is 1. The number of nitrogens with two attached hydrogens (primary N) is 1. The Hall–Kier alpha value is -1.60.